The normalized spacial score (nSPS) is 14.1. The molecule has 0 bridgehead atoms. The van der Waals surface area contributed by atoms with E-state index < -0.39 is 21.2 Å². The second-order valence-electron chi connectivity index (χ2n) is 7.37. The lowest BCUT2D eigenvalue weighted by atomic mass is 10.4. The van der Waals surface area contributed by atoms with Crippen LogP contribution in [-0.4, -0.2) is 61.1 Å². The number of aryl methyl sites for hydroxylation is 2. The van der Waals surface area contributed by atoms with Crippen molar-refractivity contribution in [1.29, 1.82) is 0 Å². The first kappa shape index (κ1) is 35.5. The Labute approximate surface area is 231 Å². The molecule has 0 aliphatic rings. The van der Waals surface area contributed by atoms with E-state index in [0.717, 1.165) is 20.3 Å². The number of rotatable bonds is 10. The maximum Gasteiger partial charge on any atom is 0.271 e. The first-order valence-corrected chi connectivity index (χ1v) is 17.1. The van der Waals surface area contributed by atoms with E-state index >= 15 is 0 Å². The summed E-state index contributed by atoms with van der Waals surface area (Å²) in [6.45, 7) is 15.9. The Morgan fingerprint density at radius 2 is 1.17 bits per heavy atom. The quantitative estimate of drug-likeness (QED) is 0.247. The van der Waals surface area contributed by atoms with Gasteiger partial charge in [-0.1, -0.05) is 31.9 Å². The second-order valence-corrected chi connectivity index (χ2v) is 13.8. The smallest absolute Gasteiger partial charge is 0.271 e. The highest BCUT2D eigenvalue weighted by Crippen LogP contribution is 2.40. The molecule has 2 aromatic heterocycles. The minimum atomic E-state index is -3.21. The van der Waals surface area contributed by atoms with Gasteiger partial charge < -0.3 is 23.6 Å². The minimum absolute atomic E-state index is 0.245. The van der Waals surface area contributed by atoms with Gasteiger partial charge in [0.05, 0.1) is 6.61 Å². The van der Waals surface area contributed by atoms with Crippen LogP contribution >= 0.6 is 46.6 Å². The Hall–Kier alpha value is -0.480. The average Bonchev–Trinajstić information content (AvgIpc) is 2.73. The van der Waals surface area contributed by atoms with Gasteiger partial charge in [0.2, 0.25) is 14.7 Å². The van der Waals surface area contributed by atoms with Crippen molar-refractivity contribution in [3.8, 4) is 0 Å². The van der Waals surface area contributed by atoms with Gasteiger partial charge in [-0.15, -0.1) is 0 Å². The van der Waals surface area contributed by atoms with E-state index in [4.69, 9.17) is 18.7 Å². The molecule has 0 fully saturated rings. The topological polar surface area (TPSA) is 117 Å². The van der Waals surface area contributed by atoms with Gasteiger partial charge in [-0.25, -0.2) is 9.97 Å². The molecule has 0 saturated heterocycles. The molecule has 0 aliphatic carbocycles. The number of aromatic nitrogens is 2. The molecule has 9 nitrogen and oxygen atoms in total. The third-order valence-electron chi connectivity index (χ3n) is 3.93. The van der Waals surface area contributed by atoms with Crippen LogP contribution in [0.4, 0.5) is 0 Å². The molecule has 0 aliphatic heterocycles. The summed E-state index contributed by atoms with van der Waals surface area (Å²) >= 11 is 6.57. The molecular weight excluding hydrogens is 638 g/mol. The number of hydrogen-bond acceptors (Lipinski definition) is 8. The number of pyridine rings is 2. The van der Waals surface area contributed by atoms with E-state index in [1.54, 1.807) is 31.8 Å². The lowest BCUT2D eigenvalue weighted by Crippen LogP contribution is -2.20. The van der Waals surface area contributed by atoms with E-state index in [2.05, 4.69) is 41.8 Å². The zero-order chi connectivity index (χ0) is 27.9. The van der Waals surface area contributed by atoms with Gasteiger partial charge in [0, 0.05) is 53.5 Å². The fourth-order valence-corrected chi connectivity index (χ4v) is 6.02. The van der Waals surface area contributed by atoms with Crippen LogP contribution in [0.5, 0.6) is 0 Å². The SMILES string of the molecule is CCOC(OCC)OCC.CCOP(C)(=O)c1cc(Br)cc(C)n1.Cc1cc(Br)cc(P(C)(=O)O)n1. The third kappa shape index (κ3) is 15.1. The zero-order valence-corrected chi connectivity index (χ0v) is 27.1. The third-order valence-corrected chi connectivity index (χ3v) is 7.74. The lowest BCUT2D eigenvalue weighted by Gasteiger charge is -2.15. The Bertz CT molecular complexity index is 967. The van der Waals surface area contributed by atoms with Gasteiger partial charge in [0.1, 0.15) is 10.9 Å². The molecule has 0 radical (unpaired) electrons. The summed E-state index contributed by atoms with van der Waals surface area (Å²) < 4.78 is 45.3. The maximum atomic E-state index is 12.0. The molecule has 2 heterocycles. The first-order chi connectivity index (χ1) is 16.7. The van der Waals surface area contributed by atoms with Crippen molar-refractivity contribution in [3.63, 3.8) is 0 Å². The van der Waals surface area contributed by atoms with Gasteiger partial charge in [-0.05, 0) is 65.8 Å². The molecular formula is C23H38Br2N2O7P2. The summed E-state index contributed by atoms with van der Waals surface area (Å²) in [7, 11) is -5.95. The van der Waals surface area contributed by atoms with Crippen LogP contribution in [0.3, 0.4) is 0 Å². The van der Waals surface area contributed by atoms with Gasteiger partial charge in [0.25, 0.3) is 6.48 Å². The summed E-state index contributed by atoms with van der Waals surface area (Å²) in [5.74, 6) is 0. The van der Waals surface area contributed by atoms with Crippen molar-refractivity contribution < 1.29 is 32.8 Å². The highest BCUT2D eigenvalue weighted by molar-refractivity contribution is 9.10. The Morgan fingerprint density at radius 1 is 0.778 bits per heavy atom. The molecule has 0 amide bonds. The molecule has 2 unspecified atom stereocenters. The van der Waals surface area contributed by atoms with Crippen LogP contribution in [0.15, 0.2) is 33.2 Å². The van der Waals surface area contributed by atoms with Crippen molar-refractivity contribution in [2.75, 3.05) is 39.8 Å². The zero-order valence-electron chi connectivity index (χ0n) is 22.2. The molecule has 36 heavy (non-hydrogen) atoms. The summed E-state index contributed by atoms with van der Waals surface area (Å²) in [5, 5.41) is 0. The number of hydrogen-bond donors (Lipinski definition) is 1. The number of nitrogens with zero attached hydrogens (tertiary/aromatic N) is 2. The van der Waals surface area contributed by atoms with Crippen molar-refractivity contribution in [1.82, 2.24) is 9.97 Å². The van der Waals surface area contributed by atoms with Crippen LogP contribution in [0.2, 0.25) is 0 Å². The Kier molecular flexibility index (Phi) is 17.7. The van der Waals surface area contributed by atoms with Gasteiger partial charge >= 0.3 is 0 Å². The largest absolute Gasteiger partial charge is 0.340 e. The predicted octanol–water partition coefficient (Wildman–Crippen LogP) is 5.78. The van der Waals surface area contributed by atoms with Crippen LogP contribution in [0.1, 0.15) is 39.1 Å². The fourth-order valence-electron chi connectivity index (χ4n) is 2.51. The van der Waals surface area contributed by atoms with E-state index in [1.165, 1.54) is 6.66 Å². The minimum Gasteiger partial charge on any atom is -0.340 e. The molecule has 1 N–H and O–H groups in total. The molecule has 13 heteroatoms. The van der Waals surface area contributed by atoms with Crippen molar-refractivity contribution in [2.24, 2.45) is 0 Å². The molecule has 2 rings (SSSR count). The summed E-state index contributed by atoms with van der Waals surface area (Å²) in [5.41, 5.74) is 2.33. The highest BCUT2D eigenvalue weighted by Gasteiger charge is 2.20. The summed E-state index contributed by atoms with van der Waals surface area (Å²) in [6.07, 6.45) is 0. The number of halogens is 2. The standard InChI is InChI=1S/C9H13BrNO2P.C7H9BrNO2P.C7H16O3/c1-4-13-14(3,12)9-6-8(10)5-7(2)11-9;1-5-3-6(8)4-7(9-5)12(2,10)11;1-4-8-7(9-5-2)10-6-3/h5-6H,4H2,1-3H3;3-4H,1-2H3,(H,10,11);7H,4-6H2,1-3H3. The number of ether oxygens (including phenoxy) is 3. The van der Waals surface area contributed by atoms with Gasteiger partial charge in [0.15, 0.2) is 0 Å². The molecule has 2 atom stereocenters. The Balaban J connectivity index is 0.000000519. The molecule has 0 aromatic carbocycles. The van der Waals surface area contributed by atoms with E-state index in [-0.39, 0.29) is 5.44 Å². The van der Waals surface area contributed by atoms with E-state index in [9.17, 15) is 14.0 Å². The van der Waals surface area contributed by atoms with Gasteiger partial charge in [-0.2, -0.15) is 0 Å². The van der Waals surface area contributed by atoms with Crippen LogP contribution in [0.25, 0.3) is 0 Å². The first-order valence-electron chi connectivity index (χ1n) is 11.4. The van der Waals surface area contributed by atoms with Crippen molar-refractivity contribution in [3.05, 3.63) is 44.6 Å². The van der Waals surface area contributed by atoms with Crippen LogP contribution in [0, 0.1) is 13.8 Å². The second kappa shape index (κ2) is 17.9. The molecule has 206 valence electrons. The predicted molar refractivity (Wildman–Crippen MR) is 152 cm³/mol. The summed E-state index contributed by atoms with van der Waals surface area (Å²) in [4.78, 5) is 17.4. The maximum absolute atomic E-state index is 12.0. The van der Waals surface area contributed by atoms with Gasteiger partial charge in [-0.3, -0.25) is 9.13 Å². The molecule has 0 spiro atoms. The fraction of sp³-hybridized carbons (Fsp3) is 0.565. The molecule has 2 aromatic rings. The monoisotopic (exact) mass is 674 g/mol. The summed E-state index contributed by atoms with van der Waals surface area (Å²) in [6, 6.07) is 6.96. The average molecular weight is 676 g/mol. The lowest BCUT2D eigenvalue weighted by molar-refractivity contribution is -0.282. The molecule has 0 saturated carbocycles. The van der Waals surface area contributed by atoms with Crippen molar-refractivity contribution in [2.45, 2.75) is 48.0 Å². The van der Waals surface area contributed by atoms with Crippen molar-refractivity contribution >= 4 is 57.5 Å². The van der Waals surface area contributed by atoms with E-state index in [1.807, 2.05) is 40.7 Å². The van der Waals surface area contributed by atoms with E-state index in [0.29, 0.717) is 31.9 Å². The van der Waals surface area contributed by atoms with Crippen LogP contribution < -0.4 is 10.9 Å². The highest BCUT2D eigenvalue weighted by atomic mass is 79.9. The van der Waals surface area contributed by atoms with Crippen LogP contribution in [-0.2, 0) is 27.9 Å². The Morgan fingerprint density at radius 3 is 1.50 bits per heavy atom.